The molecule has 0 unspecified atom stereocenters. The number of aromatic nitrogens is 1. The molecule has 0 fully saturated rings. The van der Waals surface area contributed by atoms with Crippen LogP contribution in [0.5, 0.6) is 0 Å². The Morgan fingerprint density at radius 1 is 1.67 bits per heavy atom. The molecule has 0 radical (unpaired) electrons. The summed E-state index contributed by atoms with van der Waals surface area (Å²) in [5.74, 6) is -0.0747. The van der Waals surface area contributed by atoms with E-state index < -0.39 is 0 Å². The van der Waals surface area contributed by atoms with Crippen LogP contribution in [0.3, 0.4) is 0 Å². The minimum atomic E-state index is -0.0747. The summed E-state index contributed by atoms with van der Waals surface area (Å²) in [6, 6.07) is 0. The Bertz CT molecular complexity index is 250. The van der Waals surface area contributed by atoms with Gasteiger partial charge in [0.2, 0.25) is 5.91 Å². The highest BCUT2D eigenvalue weighted by molar-refractivity contribution is 7.15. The number of amides is 1. The van der Waals surface area contributed by atoms with Crippen molar-refractivity contribution in [1.29, 1.82) is 0 Å². The second kappa shape index (κ2) is 5.71. The number of rotatable bonds is 1. The van der Waals surface area contributed by atoms with Gasteiger partial charge >= 0.3 is 0 Å². The van der Waals surface area contributed by atoms with Gasteiger partial charge in [-0.05, 0) is 6.92 Å². The maximum Gasteiger partial charge on any atom is 0.223 e. The molecule has 4 heteroatoms. The van der Waals surface area contributed by atoms with Gasteiger partial charge in [0, 0.05) is 19.4 Å². The smallest absolute Gasteiger partial charge is 0.223 e. The lowest BCUT2D eigenvalue weighted by Gasteiger charge is -1.91. The molecule has 0 spiro atoms. The SMILES string of the molecule is CC.CC(=O)Nc1ncc(C)s1.[HH]. The summed E-state index contributed by atoms with van der Waals surface area (Å²) in [6.45, 7) is 7.42. The first-order valence-electron chi connectivity index (χ1n) is 3.88. The van der Waals surface area contributed by atoms with Crippen LogP contribution in [0.2, 0.25) is 0 Å². The lowest BCUT2D eigenvalue weighted by molar-refractivity contribution is -0.114. The van der Waals surface area contributed by atoms with Gasteiger partial charge in [0.05, 0.1) is 0 Å². The van der Waals surface area contributed by atoms with Crippen LogP contribution in [0.15, 0.2) is 6.20 Å². The number of anilines is 1. The molecular formula is C8H16N2OS. The van der Waals surface area contributed by atoms with Crippen molar-refractivity contribution in [3.05, 3.63) is 11.1 Å². The maximum absolute atomic E-state index is 10.5. The fraction of sp³-hybridized carbons (Fsp3) is 0.500. The summed E-state index contributed by atoms with van der Waals surface area (Å²) in [5.41, 5.74) is 0. The molecule has 1 N–H and O–H groups in total. The molecule has 0 aliphatic rings. The molecule has 70 valence electrons. The molecule has 3 nitrogen and oxygen atoms in total. The molecular weight excluding hydrogens is 172 g/mol. The van der Waals surface area contributed by atoms with Gasteiger partial charge < -0.3 is 5.32 Å². The number of carbonyl (C=O) groups excluding carboxylic acids is 1. The van der Waals surface area contributed by atoms with Crippen LogP contribution in [0.1, 0.15) is 27.1 Å². The van der Waals surface area contributed by atoms with Crippen molar-refractivity contribution in [2.45, 2.75) is 27.7 Å². The third kappa shape index (κ3) is 4.08. The Hall–Kier alpha value is -0.900. The van der Waals surface area contributed by atoms with E-state index in [1.165, 1.54) is 18.3 Å². The van der Waals surface area contributed by atoms with Crippen molar-refractivity contribution in [2.24, 2.45) is 0 Å². The fourth-order valence-corrected chi connectivity index (χ4v) is 1.27. The molecule has 1 aromatic rings. The summed E-state index contributed by atoms with van der Waals surface area (Å²) in [7, 11) is 0. The number of hydrogen-bond donors (Lipinski definition) is 1. The molecule has 0 saturated carbocycles. The van der Waals surface area contributed by atoms with Crippen molar-refractivity contribution in [2.75, 3.05) is 5.32 Å². The predicted molar refractivity (Wildman–Crippen MR) is 54.6 cm³/mol. The zero-order valence-corrected chi connectivity index (χ0v) is 8.66. The van der Waals surface area contributed by atoms with Crippen LogP contribution in [0.4, 0.5) is 5.13 Å². The lowest BCUT2D eigenvalue weighted by Crippen LogP contribution is -2.04. The summed E-state index contributed by atoms with van der Waals surface area (Å²) in [5, 5.41) is 3.27. The summed E-state index contributed by atoms with van der Waals surface area (Å²) < 4.78 is 0. The van der Waals surface area contributed by atoms with E-state index in [9.17, 15) is 4.79 Å². The summed E-state index contributed by atoms with van der Waals surface area (Å²) in [6.07, 6.45) is 1.73. The van der Waals surface area contributed by atoms with E-state index >= 15 is 0 Å². The second-order valence-corrected chi connectivity index (χ2v) is 3.19. The first kappa shape index (κ1) is 11.1. The van der Waals surface area contributed by atoms with Crippen molar-refractivity contribution in [1.82, 2.24) is 4.98 Å². The summed E-state index contributed by atoms with van der Waals surface area (Å²) in [4.78, 5) is 15.5. The molecule has 1 rings (SSSR count). The lowest BCUT2D eigenvalue weighted by atomic mass is 10.6. The number of hydrogen-bond acceptors (Lipinski definition) is 3. The number of nitrogens with one attached hydrogen (secondary N) is 1. The molecule has 0 aliphatic carbocycles. The average Bonchev–Trinajstić information content (AvgIpc) is 2.39. The fourth-order valence-electron chi connectivity index (χ4n) is 0.563. The first-order valence-corrected chi connectivity index (χ1v) is 4.70. The Morgan fingerprint density at radius 2 is 2.25 bits per heavy atom. The first-order chi connectivity index (χ1) is 5.68. The third-order valence-electron chi connectivity index (χ3n) is 0.904. The molecule has 0 aromatic carbocycles. The minimum Gasteiger partial charge on any atom is -0.302 e. The Balaban J connectivity index is 0. The number of nitrogens with zero attached hydrogens (tertiary/aromatic N) is 1. The zero-order chi connectivity index (χ0) is 9.56. The monoisotopic (exact) mass is 188 g/mol. The Kier molecular flexibility index (Phi) is 5.28. The van der Waals surface area contributed by atoms with Gasteiger partial charge in [0.25, 0.3) is 0 Å². The zero-order valence-electron chi connectivity index (χ0n) is 7.84. The van der Waals surface area contributed by atoms with Gasteiger partial charge in [-0.1, -0.05) is 13.8 Å². The van der Waals surface area contributed by atoms with E-state index in [0.717, 1.165) is 4.88 Å². The van der Waals surface area contributed by atoms with E-state index in [-0.39, 0.29) is 7.33 Å². The van der Waals surface area contributed by atoms with Crippen LogP contribution in [-0.4, -0.2) is 10.9 Å². The van der Waals surface area contributed by atoms with Gasteiger partial charge in [-0.25, -0.2) is 4.98 Å². The molecule has 12 heavy (non-hydrogen) atoms. The van der Waals surface area contributed by atoms with Gasteiger partial charge in [-0.2, -0.15) is 0 Å². The Labute approximate surface area is 78.3 Å². The van der Waals surface area contributed by atoms with Crippen LogP contribution in [0, 0.1) is 6.92 Å². The van der Waals surface area contributed by atoms with Gasteiger partial charge in [-0.3, -0.25) is 4.79 Å². The van der Waals surface area contributed by atoms with Crippen molar-refractivity contribution in [3.8, 4) is 0 Å². The van der Waals surface area contributed by atoms with Crippen molar-refractivity contribution < 1.29 is 6.22 Å². The topological polar surface area (TPSA) is 42.0 Å². The van der Waals surface area contributed by atoms with Gasteiger partial charge in [0.1, 0.15) is 0 Å². The van der Waals surface area contributed by atoms with Crippen LogP contribution in [-0.2, 0) is 4.79 Å². The highest BCUT2D eigenvalue weighted by Gasteiger charge is 1.97. The molecule has 1 heterocycles. The molecule has 0 aliphatic heterocycles. The van der Waals surface area contributed by atoms with Gasteiger partial charge in [0.15, 0.2) is 5.13 Å². The quantitative estimate of drug-likeness (QED) is 0.736. The third-order valence-corrected chi connectivity index (χ3v) is 1.73. The highest BCUT2D eigenvalue weighted by atomic mass is 32.1. The molecule has 1 aromatic heterocycles. The van der Waals surface area contributed by atoms with Gasteiger partial charge in [-0.15, -0.1) is 11.3 Å². The maximum atomic E-state index is 10.5. The minimum absolute atomic E-state index is 0. The highest BCUT2D eigenvalue weighted by Crippen LogP contribution is 2.15. The standard InChI is InChI=1S/C6H8N2OS.C2H6.H2/c1-4-3-7-6(10-4)8-5(2)9;1-2;/h3H,1-2H3,(H,7,8,9);1-2H3;1H. The van der Waals surface area contributed by atoms with E-state index in [4.69, 9.17) is 0 Å². The molecule has 0 atom stereocenters. The number of carbonyl (C=O) groups is 1. The van der Waals surface area contributed by atoms with Crippen LogP contribution < -0.4 is 5.32 Å². The predicted octanol–water partition coefficient (Wildman–Crippen LogP) is 2.68. The second-order valence-electron chi connectivity index (χ2n) is 1.96. The van der Waals surface area contributed by atoms with E-state index in [1.807, 2.05) is 20.8 Å². The largest absolute Gasteiger partial charge is 0.302 e. The van der Waals surface area contributed by atoms with Crippen LogP contribution >= 0.6 is 11.3 Å². The average molecular weight is 188 g/mol. The summed E-state index contributed by atoms with van der Waals surface area (Å²) >= 11 is 1.47. The van der Waals surface area contributed by atoms with Crippen molar-refractivity contribution >= 4 is 22.4 Å². The van der Waals surface area contributed by atoms with E-state index in [0.29, 0.717) is 5.13 Å². The molecule has 0 saturated heterocycles. The number of thiazole rings is 1. The molecule has 1 amide bonds. The normalized spacial score (nSPS) is 8.33. The van der Waals surface area contributed by atoms with E-state index in [2.05, 4.69) is 10.3 Å². The number of aryl methyl sites for hydroxylation is 1. The van der Waals surface area contributed by atoms with Crippen LogP contribution in [0.25, 0.3) is 0 Å². The van der Waals surface area contributed by atoms with Crippen molar-refractivity contribution in [3.63, 3.8) is 0 Å². The molecule has 0 bridgehead atoms. The van der Waals surface area contributed by atoms with E-state index in [1.54, 1.807) is 6.20 Å². The Morgan fingerprint density at radius 3 is 2.58 bits per heavy atom.